The van der Waals surface area contributed by atoms with E-state index in [1.807, 2.05) is 29.6 Å². The van der Waals surface area contributed by atoms with Gasteiger partial charge >= 0.3 is 0 Å². The summed E-state index contributed by atoms with van der Waals surface area (Å²) in [5, 5.41) is 5.99. The largest absolute Gasteiger partial charge is 0.301 e. The topological polar surface area (TPSA) is 79.4 Å². The van der Waals surface area contributed by atoms with Gasteiger partial charge in [0.15, 0.2) is 5.13 Å². The van der Waals surface area contributed by atoms with E-state index in [0.717, 1.165) is 35.9 Å². The fraction of sp³-hybridized carbons (Fsp3) is 0.238. The molecule has 9 heteroatoms. The van der Waals surface area contributed by atoms with Gasteiger partial charge in [0.1, 0.15) is 0 Å². The molecular weight excluding hydrogens is 442 g/mol. The molecule has 1 aliphatic carbocycles. The van der Waals surface area contributed by atoms with Crippen molar-refractivity contribution in [2.45, 2.75) is 18.3 Å². The van der Waals surface area contributed by atoms with Crippen LogP contribution in [0.5, 0.6) is 0 Å². The number of nitrogens with zero attached hydrogens (tertiary/aromatic N) is 2. The molecular formula is C21H20ClN3O3S2. The number of carbonyl (C=O) groups is 1. The summed E-state index contributed by atoms with van der Waals surface area (Å²) in [5.74, 6) is -0.0594. The molecule has 1 aliphatic rings. The molecule has 1 saturated carbocycles. The standard InChI is InChI=1S/C21H20ClN3O3S2/c1-25(30(2,27)28)17-9-3-14(4-10-17)18-13-29-20(23-18)24-19(26)21(11-12-21)15-5-7-16(22)8-6-15/h3-10,13H,11-12H2,1-2H3,(H,23,24,26). The van der Waals surface area contributed by atoms with Crippen molar-refractivity contribution in [1.82, 2.24) is 4.98 Å². The highest BCUT2D eigenvalue weighted by molar-refractivity contribution is 7.92. The summed E-state index contributed by atoms with van der Waals surface area (Å²) in [6.07, 6.45) is 2.76. The van der Waals surface area contributed by atoms with Gasteiger partial charge in [0, 0.05) is 23.0 Å². The molecule has 0 bridgehead atoms. The number of nitrogens with one attached hydrogen (secondary N) is 1. The summed E-state index contributed by atoms with van der Waals surface area (Å²) in [5.41, 5.74) is 2.60. The lowest BCUT2D eigenvalue weighted by Crippen LogP contribution is -2.27. The van der Waals surface area contributed by atoms with E-state index in [9.17, 15) is 13.2 Å². The minimum Gasteiger partial charge on any atom is -0.301 e. The Balaban J connectivity index is 1.48. The minimum absolute atomic E-state index is 0.0594. The molecule has 1 N–H and O–H groups in total. The van der Waals surface area contributed by atoms with E-state index in [1.54, 1.807) is 24.3 Å². The van der Waals surface area contributed by atoms with Gasteiger partial charge in [-0.25, -0.2) is 13.4 Å². The van der Waals surface area contributed by atoms with Gasteiger partial charge in [-0.1, -0.05) is 35.9 Å². The van der Waals surface area contributed by atoms with E-state index >= 15 is 0 Å². The summed E-state index contributed by atoms with van der Waals surface area (Å²) in [4.78, 5) is 17.4. The maximum Gasteiger partial charge on any atom is 0.236 e. The lowest BCUT2D eigenvalue weighted by atomic mass is 9.95. The number of amides is 1. The van der Waals surface area contributed by atoms with Crippen LogP contribution in [0.25, 0.3) is 11.3 Å². The monoisotopic (exact) mass is 461 g/mol. The minimum atomic E-state index is -3.31. The molecule has 1 amide bonds. The molecule has 4 rings (SSSR count). The zero-order valence-electron chi connectivity index (χ0n) is 16.4. The number of halogens is 1. The normalized spacial score (nSPS) is 14.9. The number of benzene rings is 2. The highest BCUT2D eigenvalue weighted by Gasteiger charge is 2.51. The highest BCUT2D eigenvalue weighted by Crippen LogP contribution is 2.49. The van der Waals surface area contributed by atoms with E-state index < -0.39 is 15.4 Å². The molecule has 1 aromatic heterocycles. The second-order valence-corrected chi connectivity index (χ2v) is 10.7. The lowest BCUT2D eigenvalue weighted by Gasteiger charge is -2.16. The zero-order valence-corrected chi connectivity index (χ0v) is 18.8. The molecule has 1 fully saturated rings. The summed E-state index contributed by atoms with van der Waals surface area (Å²) in [7, 11) is -1.80. The van der Waals surface area contributed by atoms with E-state index in [-0.39, 0.29) is 5.91 Å². The first-order valence-corrected chi connectivity index (χ1v) is 12.4. The van der Waals surface area contributed by atoms with Crippen molar-refractivity contribution in [2.24, 2.45) is 0 Å². The number of carbonyl (C=O) groups excluding carboxylic acids is 1. The van der Waals surface area contributed by atoms with Crippen LogP contribution in [0.1, 0.15) is 18.4 Å². The number of thiazole rings is 1. The van der Waals surface area contributed by atoms with Crippen molar-refractivity contribution in [3.05, 3.63) is 64.5 Å². The Morgan fingerprint density at radius 3 is 2.33 bits per heavy atom. The first kappa shape index (κ1) is 20.8. The number of rotatable bonds is 6. The maximum atomic E-state index is 12.9. The highest BCUT2D eigenvalue weighted by atomic mass is 35.5. The third kappa shape index (κ3) is 4.08. The van der Waals surface area contributed by atoms with Crippen molar-refractivity contribution >= 4 is 49.7 Å². The Labute approximate surface area is 184 Å². The van der Waals surface area contributed by atoms with Crippen LogP contribution < -0.4 is 9.62 Å². The van der Waals surface area contributed by atoms with Crippen molar-refractivity contribution < 1.29 is 13.2 Å². The van der Waals surface area contributed by atoms with Gasteiger partial charge in [0.25, 0.3) is 0 Å². The Kier molecular flexibility index (Phi) is 5.34. The quantitative estimate of drug-likeness (QED) is 0.584. The van der Waals surface area contributed by atoms with E-state index in [2.05, 4.69) is 10.3 Å². The summed E-state index contributed by atoms with van der Waals surface area (Å²) >= 11 is 7.32. The lowest BCUT2D eigenvalue weighted by molar-refractivity contribution is -0.118. The van der Waals surface area contributed by atoms with Gasteiger partial charge in [-0.05, 0) is 42.7 Å². The molecule has 1 heterocycles. The van der Waals surface area contributed by atoms with Crippen LogP contribution in [0.2, 0.25) is 5.02 Å². The number of sulfonamides is 1. The third-order valence-corrected chi connectivity index (χ3v) is 7.55. The third-order valence-electron chi connectivity index (χ3n) is 5.33. The molecule has 6 nitrogen and oxygen atoms in total. The summed E-state index contributed by atoms with van der Waals surface area (Å²) < 4.78 is 24.6. The van der Waals surface area contributed by atoms with Crippen LogP contribution in [0.3, 0.4) is 0 Å². The average molecular weight is 462 g/mol. The second-order valence-electron chi connectivity index (χ2n) is 7.36. The van der Waals surface area contributed by atoms with Gasteiger partial charge in [0.2, 0.25) is 15.9 Å². The second kappa shape index (κ2) is 7.68. The maximum absolute atomic E-state index is 12.9. The van der Waals surface area contributed by atoms with E-state index in [0.29, 0.717) is 15.8 Å². The van der Waals surface area contributed by atoms with Crippen molar-refractivity contribution in [1.29, 1.82) is 0 Å². The van der Waals surface area contributed by atoms with Crippen LogP contribution in [-0.4, -0.2) is 32.6 Å². The number of aromatic nitrogens is 1. The Bertz CT molecular complexity index is 1180. The molecule has 0 spiro atoms. The molecule has 0 atom stereocenters. The van der Waals surface area contributed by atoms with Crippen LogP contribution in [0.4, 0.5) is 10.8 Å². The molecule has 3 aromatic rings. The number of hydrogen-bond acceptors (Lipinski definition) is 5. The molecule has 156 valence electrons. The van der Waals surface area contributed by atoms with Gasteiger partial charge in [0.05, 0.1) is 23.1 Å². The van der Waals surface area contributed by atoms with Crippen molar-refractivity contribution in [3.8, 4) is 11.3 Å². The number of hydrogen-bond donors (Lipinski definition) is 1. The van der Waals surface area contributed by atoms with E-state index in [4.69, 9.17) is 11.6 Å². The fourth-order valence-corrected chi connectivity index (χ4v) is 4.60. The molecule has 30 heavy (non-hydrogen) atoms. The first-order chi connectivity index (χ1) is 14.2. The summed E-state index contributed by atoms with van der Waals surface area (Å²) in [6.45, 7) is 0. The van der Waals surface area contributed by atoms with Gasteiger partial charge in [-0.15, -0.1) is 11.3 Å². The molecule has 0 unspecified atom stereocenters. The smallest absolute Gasteiger partial charge is 0.236 e. The molecule has 0 aliphatic heterocycles. The van der Waals surface area contributed by atoms with Crippen LogP contribution in [0, 0.1) is 0 Å². The first-order valence-electron chi connectivity index (χ1n) is 9.26. The van der Waals surface area contributed by atoms with Crippen LogP contribution in [-0.2, 0) is 20.2 Å². The SMILES string of the molecule is CN(c1ccc(-c2csc(NC(=O)C3(c4ccc(Cl)cc4)CC3)n2)cc1)S(C)(=O)=O. The fourth-order valence-electron chi connectivity index (χ4n) is 3.25. The van der Waals surface area contributed by atoms with Crippen molar-refractivity contribution in [2.75, 3.05) is 22.9 Å². The predicted octanol–water partition coefficient (Wildman–Crippen LogP) is 4.53. The summed E-state index contributed by atoms with van der Waals surface area (Å²) in [6, 6.07) is 14.5. The average Bonchev–Trinajstić information content (AvgIpc) is 3.40. The Morgan fingerprint density at radius 1 is 1.13 bits per heavy atom. The number of anilines is 2. The van der Waals surface area contributed by atoms with Crippen molar-refractivity contribution in [3.63, 3.8) is 0 Å². The van der Waals surface area contributed by atoms with Gasteiger partial charge in [-0.3, -0.25) is 9.10 Å². The van der Waals surface area contributed by atoms with Gasteiger partial charge in [-0.2, -0.15) is 0 Å². The molecule has 0 saturated heterocycles. The van der Waals surface area contributed by atoms with Crippen LogP contribution in [0.15, 0.2) is 53.9 Å². The zero-order chi connectivity index (χ0) is 21.5. The Morgan fingerprint density at radius 2 is 1.77 bits per heavy atom. The molecule has 0 radical (unpaired) electrons. The van der Waals surface area contributed by atoms with Gasteiger partial charge < -0.3 is 5.32 Å². The van der Waals surface area contributed by atoms with Crippen LogP contribution >= 0.6 is 22.9 Å². The van der Waals surface area contributed by atoms with E-state index in [1.165, 1.54) is 22.7 Å². The Hall–Kier alpha value is -2.42. The predicted molar refractivity (Wildman–Crippen MR) is 122 cm³/mol. The molecule has 2 aromatic carbocycles.